The van der Waals surface area contributed by atoms with E-state index in [1.165, 1.54) is 11.6 Å². The largest absolute Gasteiger partial charge is 0.318 e. The fourth-order valence-corrected chi connectivity index (χ4v) is 3.40. The second-order valence-corrected chi connectivity index (χ2v) is 7.16. The molecule has 0 aliphatic rings. The molecule has 0 spiro atoms. The highest BCUT2D eigenvalue weighted by Crippen LogP contribution is 2.21. The predicted molar refractivity (Wildman–Crippen MR) is 112 cm³/mol. The van der Waals surface area contributed by atoms with Crippen LogP contribution < -0.4 is 5.43 Å². The van der Waals surface area contributed by atoms with Crippen molar-refractivity contribution in [1.82, 2.24) is 9.99 Å². The molecule has 0 saturated heterocycles. The molecular formula is C21H19Cl2N3O. The van der Waals surface area contributed by atoms with E-state index in [9.17, 15) is 4.79 Å². The number of hydrazone groups is 1. The van der Waals surface area contributed by atoms with E-state index in [0.717, 1.165) is 22.6 Å². The Bertz CT molecular complexity index is 1020. The Balaban J connectivity index is 1.79. The van der Waals surface area contributed by atoms with Crippen LogP contribution in [-0.4, -0.2) is 16.7 Å². The van der Waals surface area contributed by atoms with E-state index in [0.29, 0.717) is 10.6 Å². The first-order valence-corrected chi connectivity index (χ1v) is 9.17. The number of nitrogens with one attached hydrogen (secondary N) is 1. The van der Waals surface area contributed by atoms with Crippen LogP contribution in [0.2, 0.25) is 10.0 Å². The monoisotopic (exact) mass is 399 g/mol. The number of nitrogens with zero attached hydrogens (tertiary/aromatic N) is 2. The zero-order valence-corrected chi connectivity index (χ0v) is 16.8. The molecule has 1 amide bonds. The molecule has 0 bridgehead atoms. The van der Waals surface area contributed by atoms with Crippen molar-refractivity contribution < 1.29 is 4.79 Å². The molecule has 2 aromatic carbocycles. The van der Waals surface area contributed by atoms with Gasteiger partial charge in [0.25, 0.3) is 5.91 Å². The molecule has 1 N–H and O–H groups in total. The minimum atomic E-state index is -0.389. The van der Waals surface area contributed by atoms with Crippen LogP contribution in [0.25, 0.3) is 5.69 Å². The Morgan fingerprint density at radius 1 is 1.04 bits per heavy atom. The Labute approximate surface area is 168 Å². The maximum Gasteiger partial charge on any atom is 0.272 e. The van der Waals surface area contributed by atoms with Gasteiger partial charge in [-0.1, -0.05) is 40.9 Å². The van der Waals surface area contributed by atoms with E-state index in [2.05, 4.69) is 46.3 Å². The lowest BCUT2D eigenvalue weighted by Gasteiger charge is -2.09. The van der Waals surface area contributed by atoms with Crippen molar-refractivity contribution in [2.75, 3.05) is 0 Å². The van der Waals surface area contributed by atoms with Crippen LogP contribution in [0, 0.1) is 20.8 Å². The van der Waals surface area contributed by atoms with Crippen molar-refractivity contribution in [2.45, 2.75) is 20.8 Å². The number of halogens is 2. The summed E-state index contributed by atoms with van der Waals surface area (Å²) in [5.41, 5.74) is 8.19. The maximum absolute atomic E-state index is 12.2. The van der Waals surface area contributed by atoms with Gasteiger partial charge in [0.2, 0.25) is 0 Å². The third-order valence-corrected chi connectivity index (χ3v) is 4.86. The molecule has 1 heterocycles. The fraction of sp³-hybridized carbons (Fsp3) is 0.143. The number of amides is 1. The highest BCUT2D eigenvalue weighted by molar-refractivity contribution is 6.36. The van der Waals surface area contributed by atoms with Crippen LogP contribution in [-0.2, 0) is 0 Å². The summed E-state index contributed by atoms with van der Waals surface area (Å²) >= 11 is 11.9. The lowest BCUT2D eigenvalue weighted by atomic mass is 10.2. The van der Waals surface area contributed by atoms with Crippen LogP contribution in [0.4, 0.5) is 0 Å². The summed E-state index contributed by atoms with van der Waals surface area (Å²) in [5, 5.41) is 4.84. The Kier molecular flexibility index (Phi) is 5.68. The molecular weight excluding hydrogens is 381 g/mol. The van der Waals surface area contributed by atoms with Crippen molar-refractivity contribution in [2.24, 2.45) is 5.10 Å². The lowest BCUT2D eigenvalue weighted by Crippen LogP contribution is -2.18. The quantitative estimate of drug-likeness (QED) is 0.458. The van der Waals surface area contributed by atoms with E-state index in [1.54, 1.807) is 18.3 Å². The summed E-state index contributed by atoms with van der Waals surface area (Å²) in [6, 6.07) is 15.1. The number of aromatic nitrogens is 1. The molecule has 0 fully saturated rings. The maximum atomic E-state index is 12.2. The van der Waals surface area contributed by atoms with E-state index in [1.807, 2.05) is 19.9 Å². The molecule has 0 radical (unpaired) electrons. The second kappa shape index (κ2) is 7.99. The van der Waals surface area contributed by atoms with Gasteiger partial charge in [0, 0.05) is 27.7 Å². The topological polar surface area (TPSA) is 46.4 Å². The molecule has 0 unspecified atom stereocenters. The van der Waals surface area contributed by atoms with Gasteiger partial charge in [-0.15, -0.1) is 0 Å². The van der Waals surface area contributed by atoms with Crippen LogP contribution >= 0.6 is 23.2 Å². The molecule has 0 atom stereocenters. The van der Waals surface area contributed by atoms with Crippen molar-refractivity contribution in [3.05, 3.63) is 86.7 Å². The highest BCUT2D eigenvalue weighted by Gasteiger charge is 2.11. The smallest absolute Gasteiger partial charge is 0.272 e. The summed E-state index contributed by atoms with van der Waals surface area (Å²) < 4.78 is 2.15. The van der Waals surface area contributed by atoms with Gasteiger partial charge < -0.3 is 4.57 Å². The Morgan fingerprint density at radius 3 is 2.41 bits per heavy atom. The van der Waals surface area contributed by atoms with Crippen molar-refractivity contribution in [3.63, 3.8) is 0 Å². The number of aryl methyl sites for hydroxylation is 2. The molecule has 3 aromatic rings. The molecule has 27 heavy (non-hydrogen) atoms. The summed E-state index contributed by atoms with van der Waals surface area (Å²) in [5.74, 6) is -0.389. The fourth-order valence-electron chi connectivity index (χ4n) is 2.90. The first kappa shape index (κ1) is 19.2. The molecule has 4 nitrogen and oxygen atoms in total. The van der Waals surface area contributed by atoms with Gasteiger partial charge in [-0.05, 0) is 57.2 Å². The van der Waals surface area contributed by atoms with Crippen LogP contribution in [0.3, 0.4) is 0 Å². The lowest BCUT2D eigenvalue weighted by molar-refractivity contribution is 0.0955. The summed E-state index contributed by atoms with van der Waals surface area (Å²) in [6.07, 6.45) is 1.63. The van der Waals surface area contributed by atoms with E-state index in [4.69, 9.17) is 23.2 Å². The van der Waals surface area contributed by atoms with Gasteiger partial charge in [0.1, 0.15) is 0 Å². The van der Waals surface area contributed by atoms with Crippen LogP contribution in [0.1, 0.15) is 32.9 Å². The summed E-state index contributed by atoms with van der Waals surface area (Å²) in [4.78, 5) is 12.2. The van der Waals surface area contributed by atoms with E-state index < -0.39 is 0 Å². The average molecular weight is 400 g/mol. The minimum Gasteiger partial charge on any atom is -0.318 e. The highest BCUT2D eigenvalue weighted by atomic mass is 35.5. The number of rotatable bonds is 4. The van der Waals surface area contributed by atoms with Gasteiger partial charge in [0.05, 0.1) is 16.8 Å². The van der Waals surface area contributed by atoms with Gasteiger partial charge in [0.15, 0.2) is 0 Å². The molecule has 3 rings (SSSR count). The number of benzene rings is 2. The average Bonchev–Trinajstić information content (AvgIpc) is 2.89. The normalized spacial score (nSPS) is 11.1. The van der Waals surface area contributed by atoms with Crippen LogP contribution in [0.5, 0.6) is 0 Å². The van der Waals surface area contributed by atoms with Gasteiger partial charge in [-0.25, -0.2) is 5.43 Å². The Hall–Kier alpha value is -2.56. The van der Waals surface area contributed by atoms with Gasteiger partial charge in [-0.3, -0.25) is 4.79 Å². The van der Waals surface area contributed by atoms with Crippen molar-refractivity contribution >= 4 is 35.3 Å². The molecule has 0 saturated carbocycles. The first-order chi connectivity index (χ1) is 12.9. The first-order valence-electron chi connectivity index (χ1n) is 8.41. The van der Waals surface area contributed by atoms with E-state index >= 15 is 0 Å². The van der Waals surface area contributed by atoms with Gasteiger partial charge in [-0.2, -0.15) is 5.10 Å². The molecule has 6 heteroatoms. The standard InChI is InChI=1S/C21H19Cl2N3O/c1-13-4-7-18(8-5-13)26-14(2)10-16(15(26)3)12-24-25-21(27)19-9-6-17(22)11-20(19)23/h4-12H,1-3H3,(H,25,27)/b24-12-. The van der Waals surface area contributed by atoms with Crippen molar-refractivity contribution in [3.8, 4) is 5.69 Å². The molecule has 1 aromatic heterocycles. The number of hydrogen-bond donors (Lipinski definition) is 1. The predicted octanol–water partition coefficient (Wildman–Crippen LogP) is 5.47. The second-order valence-electron chi connectivity index (χ2n) is 6.32. The molecule has 0 aliphatic carbocycles. The zero-order chi connectivity index (χ0) is 19.6. The minimum absolute atomic E-state index is 0.285. The van der Waals surface area contributed by atoms with Gasteiger partial charge >= 0.3 is 0 Å². The van der Waals surface area contributed by atoms with Crippen molar-refractivity contribution in [1.29, 1.82) is 0 Å². The third kappa shape index (κ3) is 4.24. The van der Waals surface area contributed by atoms with Crippen LogP contribution in [0.15, 0.2) is 53.6 Å². The molecule has 0 aliphatic heterocycles. The van der Waals surface area contributed by atoms with E-state index in [-0.39, 0.29) is 10.9 Å². The summed E-state index contributed by atoms with van der Waals surface area (Å²) in [7, 11) is 0. The zero-order valence-electron chi connectivity index (χ0n) is 15.3. The number of carbonyl (C=O) groups excluding carboxylic acids is 1. The number of hydrogen-bond acceptors (Lipinski definition) is 2. The molecule has 138 valence electrons. The third-order valence-electron chi connectivity index (χ3n) is 4.31. The number of carbonyl (C=O) groups is 1. The SMILES string of the molecule is Cc1ccc(-n2c(C)cc(/C=N\NC(=O)c3ccc(Cl)cc3Cl)c2C)cc1. The Morgan fingerprint density at radius 2 is 1.74 bits per heavy atom. The summed E-state index contributed by atoms with van der Waals surface area (Å²) in [6.45, 7) is 6.12.